The number of ketones is 1. The summed E-state index contributed by atoms with van der Waals surface area (Å²) in [6.45, 7) is 0. The largest absolute Gasteiger partial charge is 0.507 e. The highest BCUT2D eigenvalue weighted by atomic mass is 16.7. The van der Waals surface area contributed by atoms with Gasteiger partial charge in [-0.2, -0.15) is 0 Å². The molecular formula is C21H20O11. The van der Waals surface area contributed by atoms with Gasteiger partial charge >= 0.3 is 5.97 Å². The van der Waals surface area contributed by atoms with E-state index in [4.69, 9.17) is 19.3 Å². The summed E-state index contributed by atoms with van der Waals surface area (Å²) in [7, 11) is 0. The molecule has 0 aliphatic carbocycles. The predicted molar refractivity (Wildman–Crippen MR) is 103 cm³/mol. The first-order valence-corrected chi connectivity index (χ1v) is 9.62. The van der Waals surface area contributed by atoms with Gasteiger partial charge in [0, 0.05) is 6.07 Å². The van der Waals surface area contributed by atoms with Crippen molar-refractivity contribution < 1.29 is 54.4 Å². The number of carboxylic acids is 1. The molecule has 4 rings (SSSR count). The minimum Gasteiger partial charge on any atom is -0.507 e. The molecule has 6 N–H and O–H groups in total. The number of aliphatic hydroxyl groups is 3. The van der Waals surface area contributed by atoms with Gasteiger partial charge < -0.3 is 44.8 Å². The third-order valence-electron chi connectivity index (χ3n) is 5.34. The lowest BCUT2D eigenvalue weighted by Gasteiger charge is -2.38. The van der Waals surface area contributed by atoms with Crippen molar-refractivity contribution in [1.29, 1.82) is 0 Å². The van der Waals surface area contributed by atoms with Crippen LogP contribution >= 0.6 is 0 Å². The number of hydrogen-bond acceptors (Lipinski definition) is 10. The van der Waals surface area contributed by atoms with Crippen molar-refractivity contribution in [2.45, 2.75) is 43.2 Å². The molecule has 2 heterocycles. The van der Waals surface area contributed by atoms with Gasteiger partial charge in [0.2, 0.25) is 12.0 Å². The first kappa shape index (κ1) is 21.8. The molecule has 32 heavy (non-hydrogen) atoms. The lowest BCUT2D eigenvalue weighted by molar-refractivity contribution is -0.271. The number of benzene rings is 2. The summed E-state index contributed by atoms with van der Waals surface area (Å²) in [5.74, 6) is -4.24. The Morgan fingerprint density at radius 2 is 1.72 bits per heavy atom. The Morgan fingerprint density at radius 1 is 1.03 bits per heavy atom. The molecule has 0 aromatic heterocycles. The van der Waals surface area contributed by atoms with E-state index in [1.807, 2.05) is 0 Å². The summed E-state index contributed by atoms with van der Waals surface area (Å²) in [6, 6.07) is 9.60. The van der Waals surface area contributed by atoms with E-state index in [1.54, 1.807) is 30.3 Å². The van der Waals surface area contributed by atoms with Crippen molar-refractivity contribution >= 4 is 11.8 Å². The van der Waals surface area contributed by atoms with Crippen LogP contribution in [0.5, 0.6) is 23.0 Å². The number of rotatable bonds is 4. The number of hydrogen-bond donors (Lipinski definition) is 6. The first-order chi connectivity index (χ1) is 15.2. The van der Waals surface area contributed by atoms with Crippen molar-refractivity contribution in [2.75, 3.05) is 0 Å². The van der Waals surface area contributed by atoms with E-state index in [-0.39, 0.29) is 17.7 Å². The monoisotopic (exact) mass is 448 g/mol. The number of phenols is 2. The van der Waals surface area contributed by atoms with Crippen LogP contribution in [-0.4, -0.2) is 73.1 Å². The third-order valence-corrected chi connectivity index (χ3v) is 5.34. The van der Waals surface area contributed by atoms with Crippen LogP contribution in [0.3, 0.4) is 0 Å². The van der Waals surface area contributed by atoms with Crippen LogP contribution in [0, 0.1) is 0 Å². The van der Waals surface area contributed by atoms with Crippen LogP contribution in [0.15, 0.2) is 36.4 Å². The van der Waals surface area contributed by atoms with Crippen molar-refractivity contribution in [2.24, 2.45) is 0 Å². The number of carboxylic acid groups (broad SMARTS) is 1. The first-order valence-electron chi connectivity index (χ1n) is 9.62. The van der Waals surface area contributed by atoms with Gasteiger partial charge in [0.1, 0.15) is 35.7 Å². The van der Waals surface area contributed by atoms with E-state index < -0.39 is 65.8 Å². The summed E-state index contributed by atoms with van der Waals surface area (Å²) in [4.78, 5) is 23.9. The van der Waals surface area contributed by atoms with E-state index >= 15 is 0 Å². The van der Waals surface area contributed by atoms with Crippen LogP contribution in [0.1, 0.15) is 28.4 Å². The molecule has 0 bridgehead atoms. The highest BCUT2D eigenvalue weighted by Crippen LogP contribution is 2.50. The Balaban J connectivity index is 1.66. The summed E-state index contributed by atoms with van der Waals surface area (Å²) in [6.07, 6.45) is -10.3. The van der Waals surface area contributed by atoms with Gasteiger partial charge in [0.05, 0.1) is 6.42 Å². The Hall–Kier alpha value is -3.38. The van der Waals surface area contributed by atoms with E-state index in [9.17, 15) is 35.1 Å². The second-order valence-corrected chi connectivity index (χ2v) is 7.44. The second-order valence-electron chi connectivity index (χ2n) is 7.44. The Bertz CT molecular complexity index is 1040. The SMILES string of the molecule is O=C1CC(c2ccccc2)Oc2c(O)c(OC3OC(C(=O)O)C(O)C(O)C3O)cc(O)c21. The molecule has 1 fully saturated rings. The van der Waals surface area contributed by atoms with Gasteiger partial charge in [-0.15, -0.1) is 0 Å². The zero-order valence-corrected chi connectivity index (χ0v) is 16.4. The molecule has 0 saturated carbocycles. The fourth-order valence-electron chi connectivity index (χ4n) is 3.67. The summed E-state index contributed by atoms with van der Waals surface area (Å²) >= 11 is 0. The van der Waals surface area contributed by atoms with E-state index in [0.717, 1.165) is 6.07 Å². The molecule has 1 saturated heterocycles. The number of carbonyl (C=O) groups is 2. The van der Waals surface area contributed by atoms with Crippen molar-refractivity contribution in [1.82, 2.24) is 0 Å². The number of aliphatic carboxylic acids is 1. The number of aliphatic hydroxyl groups excluding tert-OH is 3. The molecule has 2 aromatic carbocycles. The molecule has 2 aliphatic heterocycles. The van der Waals surface area contributed by atoms with E-state index in [1.165, 1.54) is 0 Å². The Morgan fingerprint density at radius 3 is 2.38 bits per heavy atom. The molecule has 0 radical (unpaired) electrons. The predicted octanol–water partition coefficient (Wildman–Crippen LogP) is 0.0753. The average molecular weight is 448 g/mol. The van der Waals surface area contributed by atoms with Gasteiger partial charge in [0.15, 0.2) is 23.4 Å². The standard InChI is InChI=1S/C21H20O11/c22-9-6-11(8-4-2-1-3-5-8)30-18-13(9)10(23)7-12(14(18)24)31-21-17(27)15(25)16(26)19(32-21)20(28)29/h1-5,7,11,15-17,19,21,23-27H,6H2,(H,28,29). The maximum Gasteiger partial charge on any atom is 0.335 e. The fraction of sp³-hybridized carbons (Fsp3) is 0.333. The second kappa shape index (κ2) is 8.28. The molecule has 11 nitrogen and oxygen atoms in total. The molecule has 6 atom stereocenters. The molecule has 2 aromatic rings. The highest BCUT2D eigenvalue weighted by Gasteiger charge is 2.48. The van der Waals surface area contributed by atoms with E-state index in [2.05, 4.69) is 0 Å². The maximum atomic E-state index is 12.6. The molecule has 170 valence electrons. The molecule has 0 amide bonds. The van der Waals surface area contributed by atoms with Crippen LogP contribution in [0.4, 0.5) is 0 Å². The molecular weight excluding hydrogens is 428 g/mol. The van der Waals surface area contributed by atoms with Crippen LogP contribution in [0.2, 0.25) is 0 Å². The highest BCUT2D eigenvalue weighted by molar-refractivity contribution is 6.03. The van der Waals surface area contributed by atoms with Gasteiger partial charge in [0.25, 0.3) is 0 Å². The fourth-order valence-corrected chi connectivity index (χ4v) is 3.67. The van der Waals surface area contributed by atoms with Crippen molar-refractivity contribution in [3.05, 3.63) is 47.5 Å². The molecule has 6 unspecified atom stereocenters. The zero-order chi connectivity index (χ0) is 23.2. The van der Waals surface area contributed by atoms with Crippen LogP contribution in [-0.2, 0) is 9.53 Å². The number of phenolic OH excluding ortho intramolecular Hbond substituents is 2. The Kier molecular flexibility index (Phi) is 5.65. The normalized spacial score (nSPS) is 29.7. The van der Waals surface area contributed by atoms with Gasteiger partial charge in [-0.3, -0.25) is 4.79 Å². The number of ether oxygens (including phenoxy) is 3. The number of fused-ring (bicyclic) bond motifs is 1. The lowest BCUT2D eigenvalue weighted by Crippen LogP contribution is -2.61. The maximum absolute atomic E-state index is 12.6. The van der Waals surface area contributed by atoms with E-state index in [0.29, 0.717) is 5.56 Å². The third kappa shape index (κ3) is 3.71. The van der Waals surface area contributed by atoms with Gasteiger partial charge in [-0.1, -0.05) is 30.3 Å². The molecule has 0 spiro atoms. The average Bonchev–Trinajstić information content (AvgIpc) is 2.77. The lowest BCUT2D eigenvalue weighted by atomic mass is 9.95. The number of carbonyl (C=O) groups excluding carboxylic acids is 1. The smallest absolute Gasteiger partial charge is 0.335 e. The van der Waals surface area contributed by atoms with Crippen LogP contribution in [0.25, 0.3) is 0 Å². The molecule has 2 aliphatic rings. The summed E-state index contributed by atoms with van der Waals surface area (Å²) < 4.78 is 16.1. The topological polar surface area (TPSA) is 183 Å². The number of aromatic hydroxyl groups is 2. The quantitative estimate of drug-likeness (QED) is 0.348. The minimum atomic E-state index is -1.93. The summed E-state index contributed by atoms with van der Waals surface area (Å²) in [5.41, 5.74) is 0.398. The Labute approximate surface area is 180 Å². The van der Waals surface area contributed by atoms with Crippen molar-refractivity contribution in [3.8, 4) is 23.0 Å². The number of Topliss-reactive ketones (excluding diaryl/α,β-unsaturated/α-hetero) is 1. The van der Waals surface area contributed by atoms with Gasteiger partial charge in [-0.25, -0.2) is 4.79 Å². The minimum absolute atomic E-state index is 0.0843. The summed E-state index contributed by atoms with van der Waals surface area (Å²) in [5, 5.41) is 60.0. The van der Waals surface area contributed by atoms with Gasteiger partial charge in [-0.05, 0) is 5.56 Å². The zero-order valence-electron chi connectivity index (χ0n) is 16.4. The molecule has 11 heteroatoms. The van der Waals surface area contributed by atoms with Crippen LogP contribution < -0.4 is 9.47 Å². The van der Waals surface area contributed by atoms with Crippen molar-refractivity contribution in [3.63, 3.8) is 0 Å².